The molecule has 0 aliphatic rings. The standard InChI is InChI=1S/C31H24N8O5.C4H4O4/c1-39(2)9-10-40-19-11-24(28-15-34-30(43-28)22-7-3-5-20(36-22)26-13-32-17-41-26)38-25(12-19)29-16-35-31(44-29)23-8-4-6-21(37-23)27-14-33-18-42-27;5-3(6)1-2-4(7)8/h3-8,11-18H,9-10H2,1-2H3;1-2H,(H,5,6)(H,7,8)/b;2-1-. The summed E-state index contributed by atoms with van der Waals surface area (Å²) in [5, 5.41) is 15.6. The van der Waals surface area contributed by atoms with Crippen molar-refractivity contribution in [3.05, 3.63) is 98.3 Å². The Kier molecular flexibility index (Phi) is 10.6. The third-order valence-corrected chi connectivity index (χ3v) is 6.80. The van der Waals surface area contributed by atoms with Crippen molar-refractivity contribution in [3.8, 4) is 74.7 Å². The van der Waals surface area contributed by atoms with Crippen LogP contribution in [0.5, 0.6) is 5.75 Å². The number of carboxylic acid groups (broad SMARTS) is 2. The van der Waals surface area contributed by atoms with Crippen molar-refractivity contribution < 1.29 is 42.2 Å². The third-order valence-electron chi connectivity index (χ3n) is 6.80. The zero-order valence-electron chi connectivity index (χ0n) is 27.5. The summed E-state index contributed by atoms with van der Waals surface area (Å²) in [7, 11) is 3.96. The first-order valence-electron chi connectivity index (χ1n) is 15.3. The second-order valence-electron chi connectivity index (χ2n) is 10.8. The van der Waals surface area contributed by atoms with Gasteiger partial charge in [-0.1, -0.05) is 12.1 Å². The lowest BCUT2D eigenvalue weighted by molar-refractivity contribution is -0.134. The van der Waals surface area contributed by atoms with Gasteiger partial charge in [-0.2, -0.15) is 0 Å². The Morgan fingerprint density at radius 2 is 1.13 bits per heavy atom. The van der Waals surface area contributed by atoms with Gasteiger partial charge in [-0.3, -0.25) is 0 Å². The van der Waals surface area contributed by atoms with Crippen LogP contribution >= 0.6 is 0 Å². The molecule has 0 aliphatic heterocycles. The van der Waals surface area contributed by atoms with E-state index < -0.39 is 11.9 Å². The summed E-state index contributed by atoms with van der Waals surface area (Å²) in [6.45, 7) is 1.20. The Morgan fingerprint density at radius 1 is 0.673 bits per heavy atom. The smallest absolute Gasteiger partial charge is 0.328 e. The number of oxazole rings is 4. The number of carboxylic acids is 2. The number of rotatable bonds is 12. The number of aliphatic carboxylic acids is 2. The second-order valence-corrected chi connectivity index (χ2v) is 10.8. The van der Waals surface area contributed by atoms with Gasteiger partial charge < -0.3 is 37.5 Å². The molecule has 0 atom stereocenters. The molecule has 7 heterocycles. The Morgan fingerprint density at radius 3 is 1.56 bits per heavy atom. The summed E-state index contributed by atoms with van der Waals surface area (Å²) in [4.78, 5) is 52.0. The lowest BCUT2D eigenvalue weighted by Gasteiger charge is -2.12. The highest BCUT2D eigenvalue weighted by atomic mass is 16.5. The van der Waals surface area contributed by atoms with Crippen molar-refractivity contribution in [2.45, 2.75) is 0 Å². The van der Waals surface area contributed by atoms with Gasteiger partial charge in [0.1, 0.15) is 46.5 Å². The summed E-state index contributed by atoms with van der Waals surface area (Å²) < 4.78 is 29.1. The number of pyridine rings is 3. The average Bonchev–Trinajstić information content (AvgIpc) is 3.99. The van der Waals surface area contributed by atoms with E-state index >= 15 is 0 Å². The van der Waals surface area contributed by atoms with Crippen LogP contribution in [-0.4, -0.2) is 89.2 Å². The van der Waals surface area contributed by atoms with E-state index in [0.717, 1.165) is 6.54 Å². The van der Waals surface area contributed by atoms with Crippen LogP contribution in [0.15, 0.2) is 116 Å². The van der Waals surface area contributed by atoms with Gasteiger partial charge >= 0.3 is 11.9 Å². The molecule has 7 aromatic rings. The maximum Gasteiger partial charge on any atom is 0.328 e. The molecule has 0 fully saturated rings. The molecule has 0 bridgehead atoms. The van der Waals surface area contributed by atoms with Crippen molar-refractivity contribution in [2.75, 3.05) is 27.2 Å². The monoisotopic (exact) mass is 704 g/mol. The number of hydrogen-bond donors (Lipinski definition) is 2. The summed E-state index contributed by atoms with van der Waals surface area (Å²) in [6.07, 6.45) is 10.2. The molecule has 0 aromatic carbocycles. The normalized spacial score (nSPS) is 11.1. The van der Waals surface area contributed by atoms with E-state index in [1.807, 2.05) is 43.3 Å². The van der Waals surface area contributed by atoms with Crippen LogP contribution in [0.2, 0.25) is 0 Å². The number of ether oxygens (including phenoxy) is 1. The fraction of sp³-hybridized carbons (Fsp3) is 0.114. The largest absolute Gasteiger partial charge is 0.492 e. The fourth-order valence-electron chi connectivity index (χ4n) is 4.42. The van der Waals surface area contributed by atoms with E-state index in [2.05, 4.69) is 29.9 Å². The van der Waals surface area contributed by atoms with Gasteiger partial charge in [0.15, 0.2) is 35.8 Å². The molecule has 0 unspecified atom stereocenters. The molecule has 0 saturated heterocycles. The van der Waals surface area contributed by atoms with E-state index in [9.17, 15) is 9.59 Å². The summed E-state index contributed by atoms with van der Waals surface area (Å²) in [5.74, 6) is 0.641. The molecular weight excluding hydrogens is 676 g/mol. The van der Waals surface area contributed by atoms with E-state index in [4.69, 9.17) is 37.6 Å². The Bertz CT molecular complexity index is 2140. The molecular formula is C35H28N8O9. The lowest BCUT2D eigenvalue weighted by Crippen LogP contribution is -2.19. The highest BCUT2D eigenvalue weighted by Crippen LogP contribution is 2.33. The van der Waals surface area contributed by atoms with Crippen LogP contribution in [0.3, 0.4) is 0 Å². The number of carbonyl (C=O) groups is 2. The van der Waals surface area contributed by atoms with Crippen molar-refractivity contribution in [1.29, 1.82) is 0 Å². The van der Waals surface area contributed by atoms with Crippen LogP contribution in [0.25, 0.3) is 69.0 Å². The average molecular weight is 705 g/mol. The first-order chi connectivity index (χ1) is 25.2. The van der Waals surface area contributed by atoms with Gasteiger partial charge in [-0.05, 0) is 38.4 Å². The maximum atomic E-state index is 9.55. The highest BCUT2D eigenvalue weighted by Gasteiger charge is 2.18. The molecule has 0 amide bonds. The van der Waals surface area contributed by atoms with Crippen LogP contribution in [0.1, 0.15) is 0 Å². The van der Waals surface area contributed by atoms with Gasteiger partial charge in [0.05, 0.1) is 24.8 Å². The van der Waals surface area contributed by atoms with Crippen LogP contribution < -0.4 is 4.74 Å². The van der Waals surface area contributed by atoms with Crippen molar-refractivity contribution in [1.82, 2.24) is 39.8 Å². The summed E-state index contributed by atoms with van der Waals surface area (Å²) in [5.41, 5.74) is 3.27. The predicted molar refractivity (Wildman–Crippen MR) is 181 cm³/mol. The summed E-state index contributed by atoms with van der Waals surface area (Å²) in [6, 6.07) is 14.5. The van der Waals surface area contributed by atoms with Crippen molar-refractivity contribution in [2.24, 2.45) is 0 Å². The van der Waals surface area contributed by atoms with Crippen LogP contribution in [0, 0.1) is 0 Å². The van der Waals surface area contributed by atoms with E-state index in [1.165, 1.54) is 12.8 Å². The first-order valence-corrected chi connectivity index (χ1v) is 15.3. The second kappa shape index (κ2) is 16.0. The molecule has 7 rings (SSSR count). The van der Waals surface area contributed by atoms with Gasteiger partial charge in [-0.15, -0.1) is 0 Å². The Balaban J connectivity index is 0.000000522. The quantitative estimate of drug-likeness (QED) is 0.150. The molecule has 0 saturated carbocycles. The molecule has 0 aliphatic carbocycles. The van der Waals surface area contributed by atoms with Gasteiger partial charge in [0, 0.05) is 30.8 Å². The molecule has 2 N–H and O–H groups in total. The fourth-order valence-corrected chi connectivity index (χ4v) is 4.42. The zero-order chi connectivity index (χ0) is 36.5. The van der Waals surface area contributed by atoms with Crippen LogP contribution in [-0.2, 0) is 9.59 Å². The molecule has 17 heteroatoms. The number of likely N-dealkylation sites (N-methyl/N-ethyl adjacent to an activating group) is 1. The maximum absolute atomic E-state index is 9.55. The molecule has 262 valence electrons. The molecule has 17 nitrogen and oxygen atoms in total. The molecule has 7 aromatic heterocycles. The van der Waals surface area contributed by atoms with E-state index in [0.29, 0.717) is 93.5 Å². The minimum atomic E-state index is -1.26. The molecule has 0 radical (unpaired) electrons. The van der Waals surface area contributed by atoms with Gasteiger partial charge in [0.2, 0.25) is 11.8 Å². The topological polar surface area (TPSA) is 230 Å². The Labute approximate surface area is 294 Å². The third kappa shape index (κ3) is 8.84. The summed E-state index contributed by atoms with van der Waals surface area (Å²) >= 11 is 0. The van der Waals surface area contributed by atoms with Crippen molar-refractivity contribution in [3.63, 3.8) is 0 Å². The zero-order valence-corrected chi connectivity index (χ0v) is 27.5. The Hall–Kier alpha value is -7.27. The minimum absolute atomic E-state index is 0.323. The number of nitrogens with zero attached hydrogens (tertiary/aromatic N) is 8. The van der Waals surface area contributed by atoms with Gasteiger partial charge in [-0.25, -0.2) is 44.5 Å². The van der Waals surface area contributed by atoms with Crippen molar-refractivity contribution >= 4 is 11.9 Å². The minimum Gasteiger partial charge on any atom is -0.492 e. The number of hydrogen-bond acceptors (Lipinski definition) is 15. The van der Waals surface area contributed by atoms with E-state index in [1.54, 1.807) is 49.1 Å². The first kappa shape index (κ1) is 34.6. The lowest BCUT2D eigenvalue weighted by atomic mass is 10.2. The number of aromatic nitrogens is 7. The van der Waals surface area contributed by atoms with E-state index in [-0.39, 0.29) is 0 Å². The van der Waals surface area contributed by atoms with Gasteiger partial charge in [0.25, 0.3) is 0 Å². The molecule has 52 heavy (non-hydrogen) atoms. The SMILES string of the molecule is CN(C)CCOc1cc(-c2cnc(-c3cccc(-c4cnco4)n3)o2)nc(-c2cnc(-c3cccc(-c4cnco4)n3)o2)c1.O=C(O)/C=C\C(=O)O. The van der Waals surface area contributed by atoms with Crippen LogP contribution in [0.4, 0.5) is 0 Å². The highest BCUT2D eigenvalue weighted by molar-refractivity contribution is 5.89. The molecule has 0 spiro atoms. The predicted octanol–water partition coefficient (Wildman–Crippen LogP) is 5.48.